The zero-order valence-corrected chi connectivity index (χ0v) is 20.6. The summed E-state index contributed by atoms with van der Waals surface area (Å²) < 4.78 is 17.5. The number of hydrogen-bond donors (Lipinski definition) is 0. The second-order valence-corrected chi connectivity index (χ2v) is 9.48. The van der Waals surface area contributed by atoms with Gasteiger partial charge in [0.25, 0.3) is 0 Å². The van der Waals surface area contributed by atoms with Crippen LogP contribution in [0.1, 0.15) is 25.0 Å². The minimum Gasteiger partial charge on any atom is -0.497 e. The first-order chi connectivity index (χ1) is 16.0. The Morgan fingerprint density at radius 1 is 0.970 bits per heavy atom. The second-order valence-electron chi connectivity index (χ2n) is 7.64. The number of thioether (sulfide) groups is 1. The van der Waals surface area contributed by atoms with Crippen LogP contribution in [0.25, 0.3) is 10.8 Å². The molecule has 0 saturated carbocycles. The maximum absolute atomic E-state index is 13.3. The summed E-state index contributed by atoms with van der Waals surface area (Å²) in [5.74, 6) is 2.42. The first-order valence-corrected chi connectivity index (χ1v) is 12.3. The van der Waals surface area contributed by atoms with E-state index in [0.29, 0.717) is 30.5 Å². The van der Waals surface area contributed by atoms with Crippen molar-refractivity contribution < 1.29 is 19.0 Å². The minimum atomic E-state index is -0.295. The molecule has 0 radical (unpaired) electrons. The number of hydrogen-bond acceptors (Lipinski definition) is 6. The van der Waals surface area contributed by atoms with Crippen molar-refractivity contribution >= 4 is 45.0 Å². The third-order valence-corrected chi connectivity index (χ3v) is 7.15. The number of amides is 1. The van der Waals surface area contributed by atoms with Gasteiger partial charge in [0.2, 0.25) is 5.91 Å². The van der Waals surface area contributed by atoms with Gasteiger partial charge in [-0.25, -0.2) is 0 Å². The molecule has 1 atom stereocenters. The lowest BCUT2D eigenvalue weighted by Gasteiger charge is -2.18. The Kier molecular flexibility index (Phi) is 7.40. The SMILES string of the molecule is CCOc1ccc2ccc(OCC)c(C[C@@H]3SC(=S)N(Cc4ccc(OC)cc4)C3=O)c2c1. The molecule has 3 aromatic carbocycles. The Labute approximate surface area is 204 Å². The lowest BCUT2D eigenvalue weighted by molar-refractivity contribution is -0.126. The van der Waals surface area contributed by atoms with Crippen molar-refractivity contribution in [2.24, 2.45) is 0 Å². The van der Waals surface area contributed by atoms with E-state index in [1.165, 1.54) is 11.8 Å². The maximum Gasteiger partial charge on any atom is 0.242 e. The number of methoxy groups -OCH3 is 1. The van der Waals surface area contributed by atoms with E-state index in [9.17, 15) is 4.79 Å². The molecule has 7 heteroatoms. The molecule has 0 aliphatic carbocycles. The Balaban J connectivity index is 1.61. The highest BCUT2D eigenvalue weighted by atomic mass is 32.2. The molecule has 0 bridgehead atoms. The summed E-state index contributed by atoms with van der Waals surface area (Å²) in [5, 5.41) is 1.83. The van der Waals surface area contributed by atoms with Crippen molar-refractivity contribution in [3.63, 3.8) is 0 Å². The molecule has 1 fully saturated rings. The molecule has 1 saturated heterocycles. The summed E-state index contributed by atoms with van der Waals surface area (Å²) in [5.41, 5.74) is 2.02. The number of fused-ring (bicyclic) bond motifs is 1. The summed E-state index contributed by atoms with van der Waals surface area (Å²) >= 11 is 7.04. The van der Waals surface area contributed by atoms with Crippen molar-refractivity contribution in [1.82, 2.24) is 4.90 Å². The Morgan fingerprint density at radius 3 is 2.36 bits per heavy atom. The van der Waals surface area contributed by atoms with Gasteiger partial charge < -0.3 is 14.2 Å². The molecule has 0 N–H and O–H groups in total. The van der Waals surface area contributed by atoms with Crippen LogP contribution in [0, 0.1) is 0 Å². The van der Waals surface area contributed by atoms with Gasteiger partial charge in [-0.15, -0.1) is 0 Å². The predicted molar refractivity (Wildman–Crippen MR) is 138 cm³/mol. The van der Waals surface area contributed by atoms with E-state index in [-0.39, 0.29) is 11.2 Å². The van der Waals surface area contributed by atoms with Crippen LogP contribution in [0.4, 0.5) is 0 Å². The Hall–Kier alpha value is -2.77. The number of nitrogens with zero attached hydrogens (tertiary/aromatic N) is 1. The zero-order valence-electron chi connectivity index (χ0n) is 19.0. The van der Waals surface area contributed by atoms with Crippen LogP contribution in [0.2, 0.25) is 0 Å². The molecule has 0 aromatic heterocycles. The fourth-order valence-electron chi connectivity index (χ4n) is 3.97. The number of carbonyl (C=O) groups excluding carboxylic acids is 1. The van der Waals surface area contributed by atoms with Crippen molar-refractivity contribution in [3.05, 3.63) is 65.7 Å². The summed E-state index contributed by atoms with van der Waals surface area (Å²) in [7, 11) is 1.64. The van der Waals surface area contributed by atoms with Crippen LogP contribution < -0.4 is 14.2 Å². The standard InChI is InChI=1S/C26H27NO4S2/c1-4-30-20-12-8-18-9-13-23(31-5-2)22(21(18)14-20)15-24-25(28)27(26(32)33-24)16-17-6-10-19(29-3)11-7-17/h6-14,24H,4-5,15-16H2,1-3H3/t24-/m0/s1. The largest absolute Gasteiger partial charge is 0.497 e. The fourth-order valence-corrected chi connectivity index (χ4v) is 5.47. The average Bonchev–Trinajstić information content (AvgIpc) is 3.09. The van der Waals surface area contributed by atoms with Crippen LogP contribution in [-0.4, -0.2) is 40.7 Å². The highest BCUT2D eigenvalue weighted by Gasteiger charge is 2.37. The Morgan fingerprint density at radius 2 is 1.67 bits per heavy atom. The molecule has 0 spiro atoms. The summed E-state index contributed by atoms with van der Waals surface area (Å²) in [6.07, 6.45) is 0.533. The lowest BCUT2D eigenvalue weighted by Crippen LogP contribution is -2.31. The van der Waals surface area contributed by atoms with E-state index in [1.807, 2.05) is 68.4 Å². The predicted octanol–water partition coefficient (Wildman–Crippen LogP) is 5.62. The number of benzene rings is 3. The van der Waals surface area contributed by atoms with Crippen LogP contribution >= 0.6 is 24.0 Å². The van der Waals surface area contributed by atoms with E-state index >= 15 is 0 Å². The smallest absolute Gasteiger partial charge is 0.242 e. The first-order valence-electron chi connectivity index (χ1n) is 11.0. The number of carbonyl (C=O) groups is 1. The molecule has 3 aromatic rings. The molecule has 172 valence electrons. The summed E-state index contributed by atoms with van der Waals surface area (Å²) in [6, 6.07) is 17.8. The highest BCUT2D eigenvalue weighted by Crippen LogP contribution is 2.37. The quantitative estimate of drug-likeness (QED) is 0.370. The van der Waals surface area contributed by atoms with Crippen molar-refractivity contribution in [1.29, 1.82) is 0 Å². The van der Waals surface area contributed by atoms with Gasteiger partial charge in [0, 0.05) is 5.56 Å². The first kappa shape index (κ1) is 23.4. The van der Waals surface area contributed by atoms with Crippen molar-refractivity contribution in [2.45, 2.75) is 32.1 Å². The van der Waals surface area contributed by atoms with Crippen LogP contribution in [0.15, 0.2) is 54.6 Å². The van der Waals surface area contributed by atoms with Gasteiger partial charge in [0.05, 0.1) is 32.1 Å². The van der Waals surface area contributed by atoms with Crippen LogP contribution in [0.3, 0.4) is 0 Å². The molecular weight excluding hydrogens is 454 g/mol. The molecule has 0 unspecified atom stereocenters. The van der Waals surface area contributed by atoms with Gasteiger partial charge in [-0.05, 0) is 66.9 Å². The van der Waals surface area contributed by atoms with Gasteiger partial charge in [0.1, 0.15) is 21.6 Å². The van der Waals surface area contributed by atoms with E-state index < -0.39 is 0 Å². The van der Waals surface area contributed by atoms with E-state index in [2.05, 4.69) is 0 Å². The normalized spacial score (nSPS) is 15.8. The average molecular weight is 482 g/mol. The lowest BCUT2D eigenvalue weighted by atomic mass is 9.98. The van der Waals surface area contributed by atoms with Gasteiger partial charge >= 0.3 is 0 Å². The number of ether oxygens (including phenoxy) is 3. The molecule has 33 heavy (non-hydrogen) atoms. The monoisotopic (exact) mass is 481 g/mol. The number of thiocarbonyl (C=S) groups is 1. The van der Waals surface area contributed by atoms with Gasteiger partial charge in [-0.2, -0.15) is 0 Å². The molecule has 4 rings (SSSR count). The third kappa shape index (κ3) is 5.09. The van der Waals surface area contributed by atoms with E-state index in [1.54, 1.807) is 12.0 Å². The molecule has 5 nitrogen and oxygen atoms in total. The number of rotatable bonds is 9. The van der Waals surface area contributed by atoms with Gasteiger partial charge in [-0.1, -0.05) is 48.2 Å². The van der Waals surface area contributed by atoms with Gasteiger partial charge in [0.15, 0.2) is 0 Å². The van der Waals surface area contributed by atoms with Crippen molar-refractivity contribution in [2.75, 3.05) is 20.3 Å². The van der Waals surface area contributed by atoms with Crippen LogP contribution in [-0.2, 0) is 17.8 Å². The summed E-state index contributed by atoms with van der Waals surface area (Å²) in [6.45, 7) is 5.53. The zero-order chi connectivity index (χ0) is 23.4. The van der Waals surface area contributed by atoms with E-state index in [4.69, 9.17) is 26.4 Å². The second kappa shape index (κ2) is 10.4. The highest BCUT2D eigenvalue weighted by molar-refractivity contribution is 8.24. The van der Waals surface area contributed by atoms with Crippen LogP contribution in [0.5, 0.6) is 17.2 Å². The maximum atomic E-state index is 13.3. The third-order valence-electron chi connectivity index (χ3n) is 5.57. The minimum absolute atomic E-state index is 0.0289. The molecule has 1 amide bonds. The topological polar surface area (TPSA) is 48.0 Å². The molecule has 1 heterocycles. The molecule has 1 aliphatic rings. The van der Waals surface area contributed by atoms with E-state index in [0.717, 1.165) is 39.1 Å². The summed E-state index contributed by atoms with van der Waals surface area (Å²) in [4.78, 5) is 15.0. The van der Waals surface area contributed by atoms with Gasteiger partial charge in [-0.3, -0.25) is 9.69 Å². The Bertz CT molecular complexity index is 1160. The molecule has 1 aliphatic heterocycles. The molecular formula is C26H27NO4S2. The fraction of sp³-hybridized carbons (Fsp3) is 0.308. The van der Waals surface area contributed by atoms with Crippen molar-refractivity contribution in [3.8, 4) is 17.2 Å².